The fourth-order valence-corrected chi connectivity index (χ4v) is 4.46. The van der Waals surface area contributed by atoms with Crippen LogP contribution >= 0.6 is 11.6 Å². The van der Waals surface area contributed by atoms with Gasteiger partial charge in [0.05, 0.1) is 23.1 Å². The topological polar surface area (TPSA) is 69.4 Å². The van der Waals surface area contributed by atoms with E-state index in [2.05, 4.69) is 0 Å². The number of rotatable bonds is 3. The second-order valence-corrected chi connectivity index (χ2v) is 7.96. The van der Waals surface area contributed by atoms with E-state index in [0.717, 1.165) is 24.8 Å². The number of ether oxygens (including phenoxy) is 1. The quantitative estimate of drug-likeness (QED) is 0.925. The molecule has 104 valence electrons. The highest BCUT2D eigenvalue weighted by atomic mass is 35.5. The van der Waals surface area contributed by atoms with Crippen LogP contribution < -0.4 is 5.73 Å². The summed E-state index contributed by atoms with van der Waals surface area (Å²) in [6.45, 7) is 0.502. The Morgan fingerprint density at radius 1 is 1.32 bits per heavy atom. The molecule has 1 aromatic carbocycles. The minimum absolute atomic E-state index is 0.189. The first-order chi connectivity index (χ1) is 8.93. The first-order valence-corrected chi connectivity index (χ1v) is 8.26. The van der Waals surface area contributed by atoms with Crippen molar-refractivity contribution in [3.05, 3.63) is 28.8 Å². The third kappa shape index (κ3) is 2.09. The van der Waals surface area contributed by atoms with Crippen LogP contribution in [0.2, 0.25) is 5.02 Å². The van der Waals surface area contributed by atoms with E-state index < -0.39 is 15.1 Å². The maximum atomic E-state index is 12.3. The van der Waals surface area contributed by atoms with Gasteiger partial charge in [0.25, 0.3) is 0 Å². The number of sulfone groups is 1. The predicted octanol–water partition coefficient (Wildman–Crippen LogP) is 1.85. The van der Waals surface area contributed by atoms with Gasteiger partial charge in [-0.05, 0) is 37.0 Å². The Morgan fingerprint density at radius 3 is 2.42 bits per heavy atom. The lowest BCUT2D eigenvalue weighted by Crippen LogP contribution is -2.43. The second kappa shape index (κ2) is 4.45. The van der Waals surface area contributed by atoms with Crippen LogP contribution in [0.3, 0.4) is 0 Å². The van der Waals surface area contributed by atoms with Crippen molar-refractivity contribution in [3.8, 4) is 0 Å². The average Bonchev–Trinajstić information content (AvgIpc) is 2.22. The van der Waals surface area contributed by atoms with E-state index in [4.69, 9.17) is 22.1 Å². The first-order valence-electron chi connectivity index (χ1n) is 6.34. The summed E-state index contributed by atoms with van der Waals surface area (Å²) >= 11 is 6.15. The molecule has 1 aliphatic heterocycles. The number of hydrogen-bond acceptors (Lipinski definition) is 4. The molecule has 0 bridgehead atoms. The van der Waals surface area contributed by atoms with Crippen molar-refractivity contribution in [2.45, 2.75) is 34.9 Å². The van der Waals surface area contributed by atoms with Gasteiger partial charge in [0.1, 0.15) is 5.25 Å². The lowest BCUT2D eigenvalue weighted by molar-refractivity contribution is 0.0416. The third-order valence-corrected chi connectivity index (χ3v) is 6.65. The van der Waals surface area contributed by atoms with E-state index in [1.54, 1.807) is 18.2 Å². The molecular weight excluding hydrogens is 286 g/mol. The van der Waals surface area contributed by atoms with Gasteiger partial charge in [-0.1, -0.05) is 17.7 Å². The molecule has 0 radical (unpaired) electrons. The van der Waals surface area contributed by atoms with E-state index in [1.807, 2.05) is 0 Å². The second-order valence-electron chi connectivity index (χ2n) is 5.36. The van der Waals surface area contributed by atoms with Crippen LogP contribution in [-0.2, 0) is 20.1 Å². The van der Waals surface area contributed by atoms with Gasteiger partial charge < -0.3 is 10.5 Å². The van der Waals surface area contributed by atoms with Gasteiger partial charge in [0, 0.05) is 5.54 Å². The average molecular weight is 302 g/mol. The summed E-state index contributed by atoms with van der Waals surface area (Å²) in [6, 6.07) is 5.07. The van der Waals surface area contributed by atoms with Gasteiger partial charge in [-0.2, -0.15) is 0 Å². The van der Waals surface area contributed by atoms with Crippen LogP contribution in [-0.4, -0.2) is 26.9 Å². The van der Waals surface area contributed by atoms with E-state index in [0.29, 0.717) is 0 Å². The zero-order valence-corrected chi connectivity index (χ0v) is 12.0. The SMILES string of the molecule is NC1(c2ccc(S(=O)(=O)C3COC3)c(Cl)c2)CCC1. The zero-order valence-electron chi connectivity index (χ0n) is 10.4. The van der Waals surface area contributed by atoms with Crippen molar-refractivity contribution in [3.63, 3.8) is 0 Å². The third-order valence-electron chi connectivity index (χ3n) is 4.11. The summed E-state index contributed by atoms with van der Waals surface area (Å²) in [7, 11) is -3.38. The minimum Gasteiger partial charge on any atom is -0.379 e. The van der Waals surface area contributed by atoms with Crippen molar-refractivity contribution >= 4 is 21.4 Å². The smallest absolute Gasteiger partial charge is 0.187 e. The predicted molar refractivity (Wildman–Crippen MR) is 73.0 cm³/mol. The molecule has 0 unspecified atom stereocenters. The molecule has 2 fully saturated rings. The van der Waals surface area contributed by atoms with Crippen molar-refractivity contribution in [2.75, 3.05) is 13.2 Å². The van der Waals surface area contributed by atoms with Crippen molar-refractivity contribution in [1.82, 2.24) is 0 Å². The molecule has 1 heterocycles. The van der Waals surface area contributed by atoms with Gasteiger partial charge in [-0.3, -0.25) is 0 Å². The lowest BCUT2D eigenvalue weighted by Gasteiger charge is -2.39. The molecule has 1 saturated carbocycles. The first kappa shape index (κ1) is 13.4. The number of hydrogen-bond donors (Lipinski definition) is 1. The maximum Gasteiger partial charge on any atom is 0.187 e. The lowest BCUT2D eigenvalue weighted by atomic mass is 9.73. The van der Waals surface area contributed by atoms with Gasteiger partial charge in [-0.25, -0.2) is 8.42 Å². The maximum absolute atomic E-state index is 12.3. The molecular formula is C13H16ClNO3S. The van der Waals surface area contributed by atoms with Gasteiger partial charge in [0.2, 0.25) is 0 Å². The molecule has 3 rings (SSSR count). The highest BCUT2D eigenvalue weighted by Gasteiger charge is 2.37. The minimum atomic E-state index is -3.38. The summed E-state index contributed by atoms with van der Waals surface area (Å²) in [6.07, 6.45) is 2.95. The van der Waals surface area contributed by atoms with Gasteiger partial charge in [0.15, 0.2) is 9.84 Å². The standard InChI is InChI=1S/C13H16ClNO3S/c14-11-6-9(13(15)4-1-5-13)2-3-12(11)19(16,17)10-7-18-8-10/h2-3,6,10H,1,4-5,7-8,15H2. The van der Waals surface area contributed by atoms with Gasteiger partial charge >= 0.3 is 0 Å². The molecule has 1 aromatic rings. The molecule has 0 aromatic heterocycles. The number of benzene rings is 1. The summed E-state index contributed by atoms with van der Waals surface area (Å²) in [5, 5.41) is -0.201. The van der Waals surface area contributed by atoms with E-state index in [1.165, 1.54) is 0 Å². The van der Waals surface area contributed by atoms with Crippen LogP contribution in [0, 0.1) is 0 Å². The largest absolute Gasteiger partial charge is 0.379 e. The zero-order chi connectivity index (χ0) is 13.7. The normalized spacial score (nSPS) is 22.6. The Labute approximate surface area is 117 Å². The highest BCUT2D eigenvalue weighted by Crippen LogP contribution is 2.40. The molecule has 6 heteroatoms. The Hall–Kier alpha value is -0.620. The Balaban J connectivity index is 1.96. The van der Waals surface area contributed by atoms with Crippen LogP contribution in [0.15, 0.2) is 23.1 Å². The summed E-state index contributed by atoms with van der Waals surface area (Å²) in [5.41, 5.74) is 6.82. The number of halogens is 1. The molecule has 2 aliphatic rings. The molecule has 19 heavy (non-hydrogen) atoms. The van der Waals surface area contributed by atoms with E-state index >= 15 is 0 Å². The van der Waals surface area contributed by atoms with Crippen LogP contribution in [0.1, 0.15) is 24.8 Å². The van der Waals surface area contributed by atoms with Crippen LogP contribution in [0.5, 0.6) is 0 Å². The Kier molecular flexibility index (Phi) is 3.13. The van der Waals surface area contributed by atoms with E-state index in [-0.39, 0.29) is 28.7 Å². The Morgan fingerprint density at radius 2 is 2.00 bits per heavy atom. The van der Waals surface area contributed by atoms with Crippen molar-refractivity contribution < 1.29 is 13.2 Å². The van der Waals surface area contributed by atoms with Crippen LogP contribution in [0.25, 0.3) is 0 Å². The molecule has 2 N–H and O–H groups in total. The molecule has 1 saturated heterocycles. The summed E-state index contributed by atoms with van der Waals surface area (Å²) < 4.78 is 29.5. The molecule has 4 nitrogen and oxygen atoms in total. The molecule has 0 amide bonds. The number of nitrogens with two attached hydrogens (primary N) is 1. The Bertz CT molecular complexity index is 606. The fraction of sp³-hybridized carbons (Fsp3) is 0.538. The molecule has 1 aliphatic carbocycles. The van der Waals surface area contributed by atoms with Crippen molar-refractivity contribution in [2.24, 2.45) is 5.73 Å². The summed E-state index contributed by atoms with van der Waals surface area (Å²) in [4.78, 5) is 0.189. The van der Waals surface area contributed by atoms with Crippen LogP contribution in [0.4, 0.5) is 0 Å². The summed E-state index contributed by atoms with van der Waals surface area (Å²) in [5.74, 6) is 0. The monoisotopic (exact) mass is 301 g/mol. The molecule has 0 spiro atoms. The van der Waals surface area contributed by atoms with E-state index in [9.17, 15) is 8.42 Å². The molecule has 0 atom stereocenters. The highest BCUT2D eigenvalue weighted by molar-refractivity contribution is 7.92. The van der Waals surface area contributed by atoms with Gasteiger partial charge in [-0.15, -0.1) is 0 Å². The van der Waals surface area contributed by atoms with Crippen molar-refractivity contribution in [1.29, 1.82) is 0 Å². The fourth-order valence-electron chi connectivity index (χ4n) is 2.46.